The molecule has 1 N–H and O–H groups in total. The fourth-order valence-corrected chi connectivity index (χ4v) is 3.40. The van der Waals surface area contributed by atoms with Gasteiger partial charge in [-0.3, -0.25) is 10.1 Å². The zero-order valence-electron chi connectivity index (χ0n) is 16.8. The molecule has 152 valence electrons. The first kappa shape index (κ1) is 20.6. The highest BCUT2D eigenvalue weighted by molar-refractivity contribution is 7.10. The first-order chi connectivity index (χ1) is 14.0. The van der Waals surface area contributed by atoms with Crippen LogP contribution in [-0.2, 0) is 4.79 Å². The van der Waals surface area contributed by atoms with Gasteiger partial charge in [0.25, 0.3) is 5.91 Å². The number of amides is 1. The average Bonchev–Trinajstić information content (AvgIpc) is 3.14. The summed E-state index contributed by atoms with van der Waals surface area (Å²) in [6.07, 6.45) is 0. The molecule has 2 aromatic carbocycles. The van der Waals surface area contributed by atoms with Gasteiger partial charge in [-0.1, -0.05) is 6.07 Å². The number of nitrogens with zero attached hydrogens (tertiary/aromatic N) is 2. The van der Waals surface area contributed by atoms with Gasteiger partial charge in [0.15, 0.2) is 23.9 Å². The van der Waals surface area contributed by atoms with Crippen molar-refractivity contribution in [2.75, 3.05) is 25.6 Å². The predicted molar refractivity (Wildman–Crippen MR) is 113 cm³/mol. The van der Waals surface area contributed by atoms with Crippen LogP contribution in [0.15, 0.2) is 36.4 Å². The standard InChI is InChI=1S/C21H23N3O4S/c1-5-27-17-7-6-15(11-18(17)26-4)20-23-21(29-24-20)22-19(25)12-28-16-9-13(2)8-14(3)10-16/h6-11H,5,12H2,1-4H3,(H,22,23,24,25). The number of methoxy groups -OCH3 is 1. The number of hydrogen-bond donors (Lipinski definition) is 1. The first-order valence-electron chi connectivity index (χ1n) is 9.14. The van der Waals surface area contributed by atoms with Crippen LogP contribution in [0.5, 0.6) is 17.2 Å². The lowest BCUT2D eigenvalue weighted by atomic mass is 10.1. The summed E-state index contributed by atoms with van der Waals surface area (Å²) in [6, 6.07) is 11.3. The minimum Gasteiger partial charge on any atom is -0.493 e. The van der Waals surface area contributed by atoms with Gasteiger partial charge in [-0.25, -0.2) is 0 Å². The Bertz CT molecular complexity index is 983. The topological polar surface area (TPSA) is 82.6 Å². The van der Waals surface area contributed by atoms with Crippen LogP contribution < -0.4 is 19.5 Å². The molecule has 0 fully saturated rings. The molecule has 0 aliphatic rings. The van der Waals surface area contributed by atoms with E-state index in [4.69, 9.17) is 14.2 Å². The van der Waals surface area contributed by atoms with Gasteiger partial charge in [-0.2, -0.15) is 9.36 Å². The number of aromatic nitrogens is 2. The van der Waals surface area contributed by atoms with Crippen LogP contribution in [0.4, 0.5) is 5.13 Å². The molecule has 0 spiro atoms. The van der Waals surface area contributed by atoms with Crippen molar-refractivity contribution in [2.45, 2.75) is 20.8 Å². The van der Waals surface area contributed by atoms with Gasteiger partial charge in [0.05, 0.1) is 13.7 Å². The number of hydrogen-bond acceptors (Lipinski definition) is 7. The van der Waals surface area contributed by atoms with Crippen LogP contribution in [0, 0.1) is 13.8 Å². The summed E-state index contributed by atoms with van der Waals surface area (Å²) in [7, 11) is 1.58. The molecular formula is C21H23N3O4S. The van der Waals surface area contributed by atoms with Crippen molar-refractivity contribution in [1.82, 2.24) is 9.36 Å². The van der Waals surface area contributed by atoms with E-state index in [1.807, 2.05) is 57.2 Å². The van der Waals surface area contributed by atoms with E-state index in [0.29, 0.717) is 34.8 Å². The molecule has 3 rings (SSSR count). The van der Waals surface area contributed by atoms with Crippen molar-refractivity contribution in [1.29, 1.82) is 0 Å². The van der Waals surface area contributed by atoms with E-state index in [-0.39, 0.29) is 12.5 Å². The Morgan fingerprint density at radius 1 is 1.07 bits per heavy atom. The third-order valence-electron chi connectivity index (χ3n) is 3.96. The fourth-order valence-electron chi connectivity index (χ4n) is 2.79. The van der Waals surface area contributed by atoms with Gasteiger partial charge in [0.2, 0.25) is 5.13 Å². The lowest BCUT2D eigenvalue weighted by Crippen LogP contribution is -2.20. The molecule has 0 atom stereocenters. The molecule has 0 radical (unpaired) electrons. The maximum absolute atomic E-state index is 12.2. The van der Waals surface area contributed by atoms with Gasteiger partial charge in [-0.05, 0) is 62.2 Å². The molecule has 0 saturated heterocycles. The molecule has 1 heterocycles. The van der Waals surface area contributed by atoms with Crippen molar-refractivity contribution in [2.24, 2.45) is 0 Å². The average molecular weight is 413 g/mol. The zero-order chi connectivity index (χ0) is 20.8. The largest absolute Gasteiger partial charge is 0.493 e. The molecule has 0 aliphatic carbocycles. The first-order valence-corrected chi connectivity index (χ1v) is 9.91. The Balaban J connectivity index is 1.63. The van der Waals surface area contributed by atoms with Crippen molar-refractivity contribution in [3.8, 4) is 28.6 Å². The van der Waals surface area contributed by atoms with Gasteiger partial charge in [0.1, 0.15) is 5.75 Å². The van der Waals surface area contributed by atoms with E-state index < -0.39 is 0 Å². The number of aryl methyl sites for hydroxylation is 2. The molecule has 0 aliphatic heterocycles. The second kappa shape index (κ2) is 9.38. The number of nitrogens with one attached hydrogen (secondary N) is 1. The lowest BCUT2D eigenvalue weighted by molar-refractivity contribution is -0.118. The SMILES string of the molecule is CCOc1ccc(-c2nsc(NC(=O)COc3cc(C)cc(C)c3)n2)cc1OC. The third kappa shape index (κ3) is 5.45. The quantitative estimate of drug-likeness (QED) is 0.595. The van der Waals surface area contributed by atoms with Crippen LogP contribution in [0.25, 0.3) is 11.4 Å². The molecule has 0 saturated carbocycles. The Morgan fingerprint density at radius 2 is 1.83 bits per heavy atom. The molecule has 29 heavy (non-hydrogen) atoms. The number of ether oxygens (including phenoxy) is 3. The summed E-state index contributed by atoms with van der Waals surface area (Å²) in [4.78, 5) is 16.6. The normalized spacial score (nSPS) is 10.5. The van der Waals surface area contributed by atoms with E-state index in [9.17, 15) is 4.79 Å². The number of anilines is 1. The minimum absolute atomic E-state index is 0.102. The number of carbonyl (C=O) groups excluding carboxylic acids is 1. The summed E-state index contributed by atoms with van der Waals surface area (Å²) >= 11 is 1.11. The van der Waals surface area contributed by atoms with Crippen LogP contribution in [0.1, 0.15) is 18.1 Å². The van der Waals surface area contributed by atoms with Crippen LogP contribution in [0.2, 0.25) is 0 Å². The zero-order valence-corrected chi connectivity index (χ0v) is 17.6. The van der Waals surface area contributed by atoms with Crippen molar-refractivity contribution in [3.05, 3.63) is 47.5 Å². The molecule has 1 amide bonds. The van der Waals surface area contributed by atoms with E-state index in [2.05, 4.69) is 14.7 Å². The maximum atomic E-state index is 12.2. The fraction of sp³-hybridized carbons (Fsp3) is 0.286. The summed E-state index contributed by atoms with van der Waals surface area (Å²) in [6.45, 7) is 6.32. The van der Waals surface area contributed by atoms with E-state index in [1.165, 1.54) is 0 Å². The molecule has 3 aromatic rings. The minimum atomic E-state index is -0.295. The predicted octanol–water partition coefficient (Wildman–Crippen LogP) is 4.25. The van der Waals surface area contributed by atoms with Crippen molar-refractivity contribution >= 4 is 22.6 Å². The molecule has 0 bridgehead atoms. The van der Waals surface area contributed by atoms with E-state index in [0.717, 1.165) is 28.2 Å². The summed E-state index contributed by atoms with van der Waals surface area (Å²) in [5.41, 5.74) is 2.94. The highest BCUT2D eigenvalue weighted by Gasteiger charge is 2.13. The second-order valence-electron chi connectivity index (χ2n) is 6.38. The van der Waals surface area contributed by atoms with Gasteiger partial charge >= 0.3 is 0 Å². The number of benzene rings is 2. The van der Waals surface area contributed by atoms with Crippen molar-refractivity contribution < 1.29 is 19.0 Å². The Kier molecular flexibility index (Phi) is 6.66. The highest BCUT2D eigenvalue weighted by Crippen LogP contribution is 2.32. The smallest absolute Gasteiger partial charge is 0.264 e. The second-order valence-corrected chi connectivity index (χ2v) is 7.13. The summed E-state index contributed by atoms with van der Waals surface area (Å²) in [5.74, 6) is 2.13. The van der Waals surface area contributed by atoms with Crippen LogP contribution in [-0.4, -0.2) is 35.6 Å². The maximum Gasteiger partial charge on any atom is 0.264 e. The Labute approximate surface area is 173 Å². The number of carbonyl (C=O) groups is 1. The molecular weight excluding hydrogens is 390 g/mol. The molecule has 0 unspecified atom stereocenters. The third-order valence-corrected chi connectivity index (χ3v) is 4.59. The Morgan fingerprint density at radius 3 is 2.52 bits per heavy atom. The van der Waals surface area contributed by atoms with Crippen LogP contribution >= 0.6 is 11.5 Å². The Hall–Kier alpha value is -3.13. The highest BCUT2D eigenvalue weighted by atomic mass is 32.1. The molecule has 7 nitrogen and oxygen atoms in total. The van der Waals surface area contributed by atoms with Gasteiger partial charge in [-0.15, -0.1) is 0 Å². The van der Waals surface area contributed by atoms with E-state index >= 15 is 0 Å². The van der Waals surface area contributed by atoms with Crippen LogP contribution in [0.3, 0.4) is 0 Å². The lowest BCUT2D eigenvalue weighted by Gasteiger charge is -2.09. The molecule has 8 heteroatoms. The summed E-state index contributed by atoms with van der Waals surface area (Å²) < 4.78 is 20.8. The number of rotatable bonds is 8. The summed E-state index contributed by atoms with van der Waals surface area (Å²) in [5, 5.41) is 3.12. The monoisotopic (exact) mass is 413 g/mol. The molecule has 1 aromatic heterocycles. The van der Waals surface area contributed by atoms with Crippen molar-refractivity contribution in [3.63, 3.8) is 0 Å². The van der Waals surface area contributed by atoms with E-state index in [1.54, 1.807) is 7.11 Å². The van der Waals surface area contributed by atoms with Gasteiger partial charge in [0, 0.05) is 17.1 Å². The van der Waals surface area contributed by atoms with Gasteiger partial charge < -0.3 is 14.2 Å².